The number of anilines is 1. The average molecular weight is 268 g/mol. The quantitative estimate of drug-likeness (QED) is 0.930. The molecule has 3 heteroatoms. The van der Waals surface area contributed by atoms with E-state index in [4.69, 9.17) is 5.73 Å². The maximum absolute atomic E-state index is 12.5. The Hall–Kier alpha value is -2.13. The van der Waals surface area contributed by atoms with E-state index in [-0.39, 0.29) is 5.91 Å². The molecule has 0 aromatic heterocycles. The number of nitrogens with two attached hydrogens (primary N) is 1. The Morgan fingerprint density at radius 2 is 1.90 bits per heavy atom. The van der Waals surface area contributed by atoms with Crippen LogP contribution in [0.25, 0.3) is 0 Å². The minimum absolute atomic E-state index is 0.0211. The minimum atomic E-state index is -0.0211. The molecule has 3 nitrogen and oxygen atoms in total. The van der Waals surface area contributed by atoms with Crippen LogP contribution in [0.5, 0.6) is 0 Å². The summed E-state index contributed by atoms with van der Waals surface area (Å²) in [7, 11) is 1.80. The van der Waals surface area contributed by atoms with Gasteiger partial charge in [-0.1, -0.05) is 29.8 Å². The van der Waals surface area contributed by atoms with Gasteiger partial charge in [0.25, 0.3) is 5.91 Å². The summed E-state index contributed by atoms with van der Waals surface area (Å²) >= 11 is 0. The first-order valence-electron chi connectivity index (χ1n) is 6.67. The maximum Gasteiger partial charge on any atom is 0.258 e. The molecule has 2 rings (SSSR count). The number of hydrogen-bond donors (Lipinski definition) is 1. The molecule has 0 aliphatic carbocycles. The summed E-state index contributed by atoms with van der Waals surface area (Å²) in [4.78, 5) is 14.2. The molecule has 0 saturated carbocycles. The lowest BCUT2D eigenvalue weighted by Crippen LogP contribution is -2.27. The fourth-order valence-electron chi connectivity index (χ4n) is 2.32. The smallest absolute Gasteiger partial charge is 0.258 e. The van der Waals surface area contributed by atoms with E-state index >= 15 is 0 Å². The number of aryl methyl sites for hydroxylation is 2. The molecule has 0 aliphatic heterocycles. The Morgan fingerprint density at radius 1 is 1.15 bits per heavy atom. The number of nitrogens with zero attached hydrogens (tertiary/aromatic N) is 1. The molecular weight excluding hydrogens is 248 g/mol. The highest BCUT2D eigenvalue weighted by Gasteiger charge is 2.15. The van der Waals surface area contributed by atoms with Crippen LogP contribution in [-0.4, -0.2) is 13.0 Å². The summed E-state index contributed by atoms with van der Waals surface area (Å²) in [5, 5.41) is 0. The number of carbonyl (C=O) groups excluding carboxylic acids is 1. The van der Waals surface area contributed by atoms with E-state index in [0.717, 1.165) is 16.8 Å². The van der Waals surface area contributed by atoms with Gasteiger partial charge in [-0.3, -0.25) is 4.79 Å². The summed E-state index contributed by atoms with van der Waals surface area (Å²) in [6.07, 6.45) is 0. The van der Waals surface area contributed by atoms with Gasteiger partial charge in [0.05, 0.1) is 0 Å². The third kappa shape index (κ3) is 2.89. The molecule has 2 aromatic rings. The zero-order valence-corrected chi connectivity index (χ0v) is 12.2. The predicted molar refractivity (Wildman–Crippen MR) is 83.0 cm³/mol. The van der Waals surface area contributed by atoms with Gasteiger partial charge in [-0.2, -0.15) is 0 Å². The normalized spacial score (nSPS) is 10.4. The molecule has 0 saturated heterocycles. The molecule has 20 heavy (non-hydrogen) atoms. The van der Waals surface area contributed by atoms with E-state index < -0.39 is 0 Å². The topological polar surface area (TPSA) is 46.3 Å². The molecule has 0 aliphatic rings. The molecular formula is C17H20N2O. The molecule has 2 N–H and O–H groups in total. The minimum Gasteiger partial charge on any atom is -0.326 e. The Bertz CT molecular complexity index is 635. The summed E-state index contributed by atoms with van der Waals surface area (Å²) in [6, 6.07) is 13.5. The molecule has 104 valence electrons. The van der Waals surface area contributed by atoms with Gasteiger partial charge in [-0.25, -0.2) is 0 Å². The molecule has 2 aromatic carbocycles. The first-order chi connectivity index (χ1) is 9.52. The van der Waals surface area contributed by atoms with Gasteiger partial charge >= 0.3 is 0 Å². The lowest BCUT2D eigenvalue weighted by Gasteiger charge is -2.20. The van der Waals surface area contributed by atoms with Gasteiger partial charge in [0.15, 0.2) is 0 Å². The second-order valence-corrected chi connectivity index (χ2v) is 5.06. The molecule has 0 radical (unpaired) electrons. The standard InChI is InChI=1S/C17H20N2O/c1-12-7-8-16(13(2)9-12)19(3)17(20)15-6-4-5-14(10-15)11-18/h4-10H,11,18H2,1-3H3. The zero-order chi connectivity index (χ0) is 14.7. The number of amides is 1. The van der Waals surface area contributed by atoms with Crippen molar-refractivity contribution in [3.63, 3.8) is 0 Å². The maximum atomic E-state index is 12.5. The van der Waals surface area contributed by atoms with Crippen molar-refractivity contribution in [3.05, 3.63) is 64.7 Å². The highest BCUT2D eigenvalue weighted by atomic mass is 16.2. The number of hydrogen-bond acceptors (Lipinski definition) is 2. The average Bonchev–Trinajstić information content (AvgIpc) is 2.46. The van der Waals surface area contributed by atoms with Crippen LogP contribution in [0.3, 0.4) is 0 Å². The van der Waals surface area contributed by atoms with Gasteiger partial charge in [0.1, 0.15) is 0 Å². The second kappa shape index (κ2) is 5.88. The summed E-state index contributed by atoms with van der Waals surface area (Å²) in [5.41, 5.74) is 10.5. The van der Waals surface area contributed by atoms with E-state index in [1.807, 2.05) is 50.2 Å². The van der Waals surface area contributed by atoms with Crippen LogP contribution in [0, 0.1) is 13.8 Å². The summed E-state index contributed by atoms with van der Waals surface area (Å²) in [6.45, 7) is 4.50. The summed E-state index contributed by atoms with van der Waals surface area (Å²) < 4.78 is 0. The molecule has 0 heterocycles. The van der Waals surface area contributed by atoms with Gasteiger partial charge in [-0.05, 0) is 43.2 Å². The lowest BCUT2D eigenvalue weighted by atomic mass is 10.1. The predicted octanol–water partition coefficient (Wildman–Crippen LogP) is 3.04. The van der Waals surface area contributed by atoms with Gasteiger partial charge in [-0.15, -0.1) is 0 Å². The Kier molecular flexibility index (Phi) is 4.20. The molecule has 0 bridgehead atoms. The summed E-state index contributed by atoms with van der Waals surface area (Å²) in [5.74, 6) is -0.0211. The van der Waals surface area contributed by atoms with Crippen LogP contribution in [0.1, 0.15) is 27.0 Å². The van der Waals surface area contributed by atoms with Crippen molar-refractivity contribution >= 4 is 11.6 Å². The SMILES string of the molecule is Cc1ccc(N(C)C(=O)c2cccc(CN)c2)c(C)c1. The van der Waals surface area contributed by atoms with Crippen molar-refractivity contribution in [2.75, 3.05) is 11.9 Å². The highest BCUT2D eigenvalue weighted by molar-refractivity contribution is 6.06. The number of carbonyl (C=O) groups is 1. The van der Waals surface area contributed by atoms with Crippen LogP contribution in [0.15, 0.2) is 42.5 Å². The highest BCUT2D eigenvalue weighted by Crippen LogP contribution is 2.22. The monoisotopic (exact) mass is 268 g/mol. The third-order valence-electron chi connectivity index (χ3n) is 3.43. The first kappa shape index (κ1) is 14.3. The van der Waals surface area contributed by atoms with Gasteiger partial charge < -0.3 is 10.6 Å². The van der Waals surface area contributed by atoms with Crippen molar-refractivity contribution in [3.8, 4) is 0 Å². The largest absolute Gasteiger partial charge is 0.326 e. The molecule has 0 spiro atoms. The van der Waals surface area contributed by atoms with Crippen LogP contribution in [0.2, 0.25) is 0 Å². The Morgan fingerprint density at radius 3 is 2.55 bits per heavy atom. The van der Waals surface area contributed by atoms with E-state index in [0.29, 0.717) is 12.1 Å². The van der Waals surface area contributed by atoms with E-state index in [1.54, 1.807) is 11.9 Å². The number of rotatable bonds is 3. The van der Waals surface area contributed by atoms with E-state index in [1.165, 1.54) is 5.56 Å². The van der Waals surface area contributed by atoms with Crippen LogP contribution in [0.4, 0.5) is 5.69 Å². The fourth-order valence-corrected chi connectivity index (χ4v) is 2.32. The fraction of sp³-hybridized carbons (Fsp3) is 0.235. The molecule has 0 fully saturated rings. The second-order valence-electron chi connectivity index (χ2n) is 5.06. The van der Waals surface area contributed by atoms with Crippen LogP contribution >= 0.6 is 0 Å². The van der Waals surface area contributed by atoms with Crippen molar-refractivity contribution in [2.45, 2.75) is 20.4 Å². The van der Waals surface area contributed by atoms with Crippen molar-refractivity contribution in [1.29, 1.82) is 0 Å². The van der Waals surface area contributed by atoms with E-state index in [2.05, 4.69) is 6.07 Å². The van der Waals surface area contributed by atoms with Gasteiger partial charge in [0, 0.05) is 24.8 Å². The van der Waals surface area contributed by atoms with Crippen molar-refractivity contribution in [2.24, 2.45) is 5.73 Å². The lowest BCUT2D eigenvalue weighted by molar-refractivity contribution is 0.0993. The zero-order valence-electron chi connectivity index (χ0n) is 12.2. The first-order valence-corrected chi connectivity index (χ1v) is 6.67. The molecule has 0 unspecified atom stereocenters. The number of benzene rings is 2. The van der Waals surface area contributed by atoms with Crippen molar-refractivity contribution in [1.82, 2.24) is 0 Å². The molecule has 0 atom stereocenters. The Labute approximate surface area is 120 Å². The van der Waals surface area contributed by atoms with E-state index in [9.17, 15) is 4.79 Å². The van der Waals surface area contributed by atoms with Crippen LogP contribution in [-0.2, 0) is 6.54 Å². The molecule has 1 amide bonds. The van der Waals surface area contributed by atoms with Gasteiger partial charge in [0.2, 0.25) is 0 Å². The third-order valence-corrected chi connectivity index (χ3v) is 3.43. The Balaban J connectivity index is 2.32. The van der Waals surface area contributed by atoms with Crippen molar-refractivity contribution < 1.29 is 4.79 Å². The van der Waals surface area contributed by atoms with Crippen LogP contribution < -0.4 is 10.6 Å².